The molecule has 0 saturated heterocycles. The van der Waals surface area contributed by atoms with Crippen LogP contribution in [0.2, 0.25) is 0 Å². The van der Waals surface area contributed by atoms with Crippen molar-refractivity contribution >= 4 is 35.0 Å². The maximum Gasteiger partial charge on any atom is 2.00 e. The van der Waals surface area contributed by atoms with E-state index >= 15 is 0 Å². The van der Waals surface area contributed by atoms with E-state index in [-0.39, 0.29) is 34.2 Å². The summed E-state index contributed by atoms with van der Waals surface area (Å²) in [6.45, 7) is 0. The molecule has 21 heavy (non-hydrogen) atoms. The Balaban J connectivity index is 0.000000364. The summed E-state index contributed by atoms with van der Waals surface area (Å²) in [7, 11) is 0. The molecule has 0 aliphatic rings. The van der Waals surface area contributed by atoms with Gasteiger partial charge in [-0.1, -0.05) is 24.3 Å². The number of hydrogen-bond acceptors (Lipinski definition) is 4. The van der Waals surface area contributed by atoms with Crippen molar-refractivity contribution in [2.45, 2.75) is 0 Å². The fourth-order valence-corrected chi connectivity index (χ4v) is 1.23. The molecule has 0 amide bonds. The molecular weight excluding hydrogens is 294 g/mol. The standard InChI is InChI=1S/2C7H5FO2.Mg/c2*8-6-3-1-2-5(4-6)7(9)10;/h2*1-4H,(H,9,10);/q;;+2/p-2. The van der Waals surface area contributed by atoms with Crippen molar-refractivity contribution in [3.8, 4) is 0 Å². The number of carboxylic acid groups (broad SMARTS) is 2. The maximum absolute atomic E-state index is 12.2. The number of carbonyl (C=O) groups excluding carboxylic acids is 2. The van der Waals surface area contributed by atoms with Crippen LogP contribution < -0.4 is 10.2 Å². The molecule has 0 saturated carbocycles. The first-order valence-electron chi connectivity index (χ1n) is 5.34. The van der Waals surface area contributed by atoms with Gasteiger partial charge in [-0.05, 0) is 24.3 Å². The fourth-order valence-electron chi connectivity index (χ4n) is 1.23. The second-order valence-electron chi connectivity index (χ2n) is 3.60. The molecule has 0 aromatic heterocycles. The molecule has 2 aromatic carbocycles. The van der Waals surface area contributed by atoms with Crippen molar-refractivity contribution in [2.75, 3.05) is 0 Å². The molecule has 0 aliphatic carbocycles. The summed E-state index contributed by atoms with van der Waals surface area (Å²) in [5.41, 5.74) is -0.278. The van der Waals surface area contributed by atoms with Crippen molar-refractivity contribution in [3.63, 3.8) is 0 Å². The van der Waals surface area contributed by atoms with Gasteiger partial charge in [-0.3, -0.25) is 0 Å². The molecule has 0 aliphatic heterocycles. The average molecular weight is 303 g/mol. The number of carbonyl (C=O) groups is 2. The van der Waals surface area contributed by atoms with E-state index in [1.54, 1.807) is 0 Å². The van der Waals surface area contributed by atoms with Gasteiger partial charge in [0.25, 0.3) is 0 Å². The molecule has 2 aromatic rings. The predicted molar refractivity (Wildman–Crippen MR) is 67.2 cm³/mol. The van der Waals surface area contributed by atoms with E-state index in [0.29, 0.717) is 0 Å². The molecule has 0 bridgehead atoms. The number of rotatable bonds is 2. The number of carboxylic acids is 2. The molecule has 0 unspecified atom stereocenters. The summed E-state index contributed by atoms with van der Waals surface area (Å²) in [5.74, 6) is -3.86. The molecule has 0 spiro atoms. The van der Waals surface area contributed by atoms with E-state index in [2.05, 4.69) is 0 Å². The van der Waals surface area contributed by atoms with Gasteiger partial charge in [0.2, 0.25) is 0 Å². The van der Waals surface area contributed by atoms with Crippen LogP contribution in [0.5, 0.6) is 0 Å². The largest absolute Gasteiger partial charge is 2.00 e. The van der Waals surface area contributed by atoms with Crippen molar-refractivity contribution < 1.29 is 28.6 Å². The van der Waals surface area contributed by atoms with Crippen molar-refractivity contribution in [2.24, 2.45) is 0 Å². The molecule has 0 radical (unpaired) electrons. The minimum atomic E-state index is -1.36. The zero-order chi connectivity index (χ0) is 15.1. The molecule has 0 atom stereocenters. The van der Waals surface area contributed by atoms with Crippen molar-refractivity contribution in [3.05, 3.63) is 71.3 Å². The van der Waals surface area contributed by atoms with Crippen molar-refractivity contribution in [1.82, 2.24) is 0 Å². The predicted octanol–water partition coefficient (Wildman–Crippen LogP) is -0.00240. The SMILES string of the molecule is O=C([O-])c1cccc(F)c1.O=C([O-])c1cccc(F)c1.[Mg+2]. The summed E-state index contributed by atoms with van der Waals surface area (Å²) in [5, 5.41) is 20.2. The number of aromatic carboxylic acids is 2. The van der Waals surface area contributed by atoms with Gasteiger partial charge in [-0.2, -0.15) is 0 Å². The Morgan fingerprint density at radius 2 is 1.10 bits per heavy atom. The van der Waals surface area contributed by atoms with Crippen LogP contribution in [0, 0.1) is 11.6 Å². The van der Waals surface area contributed by atoms with Crippen LogP contribution in [-0.2, 0) is 0 Å². The second-order valence-corrected chi connectivity index (χ2v) is 3.60. The summed E-state index contributed by atoms with van der Waals surface area (Å²) < 4.78 is 24.5. The average Bonchev–Trinajstić information content (AvgIpc) is 2.39. The van der Waals surface area contributed by atoms with Gasteiger partial charge in [0.1, 0.15) is 11.6 Å². The third kappa shape index (κ3) is 6.82. The monoisotopic (exact) mass is 302 g/mol. The van der Waals surface area contributed by atoms with E-state index in [4.69, 9.17) is 0 Å². The van der Waals surface area contributed by atoms with Gasteiger partial charge >= 0.3 is 23.1 Å². The molecule has 0 N–H and O–H groups in total. The first-order valence-corrected chi connectivity index (χ1v) is 5.34. The number of benzene rings is 2. The molecule has 4 nitrogen and oxygen atoms in total. The number of hydrogen-bond donors (Lipinski definition) is 0. The molecule has 0 heterocycles. The topological polar surface area (TPSA) is 80.3 Å². The van der Waals surface area contributed by atoms with Crippen LogP contribution in [0.15, 0.2) is 48.5 Å². The van der Waals surface area contributed by atoms with E-state index in [9.17, 15) is 28.6 Å². The van der Waals surface area contributed by atoms with Gasteiger partial charge in [-0.25, -0.2) is 8.78 Å². The normalized spacial score (nSPS) is 8.86. The third-order valence-electron chi connectivity index (χ3n) is 2.12. The number of halogens is 2. The van der Waals surface area contributed by atoms with Gasteiger partial charge in [0.05, 0.1) is 11.9 Å². The Morgan fingerprint density at radius 1 is 0.762 bits per heavy atom. The van der Waals surface area contributed by atoms with Crippen LogP contribution in [0.3, 0.4) is 0 Å². The van der Waals surface area contributed by atoms with Gasteiger partial charge < -0.3 is 19.8 Å². The maximum atomic E-state index is 12.2. The van der Waals surface area contributed by atoms with Crippen LogP contribution >= 0.6 is 0 Å². The molecule has 2 rings (SSSR count). The first kappa shape index (κ1) is 19.0. The summed E-state index contributed by atoms with van der Waals surface area (Å²) >= 11 is 0. The van der Waals surface area contributed by atoms with Crippen molar-refractivity contribution in [1.29, 1.82) is 0 Å². The van der Waals surface area contributed by atoms with E-state index in [1.807, 2.05) is 0 Å². The summed E-state index contributed by atoms with van der Waals surface area (Å²) in [6, 6.07) is 9.36. The Kier molecular flexibility index (Phi) is 8.18. The Morgan fingerprint density at radius 3 is 1.29 bits per heavy atom. The van der Waals surface area contributed by atoms with Crippen LogP contribution in [-0.4, -0.2) is 35.0 Å². The van der Waals surface area contributed by atoms with Gasteiger partial charge in [-0.15, -0.1) is 0 Å². The Bertz CT molecular complexity index is 576. The third-order valence-corrected chi connectivity index (χ3v) is 2.12. The molecule has 104 valence electrons. The minimum absolute atomic E-state index is 0. The Hall–Kier alpha value is -1.99. The zero-order valence-electron chi connectivity index (χ0n) is 10.7. The van der Waals surface area contributed by atoms with Gasteiger partial charge in [0.15, 0.2) is 0 Å². The molecular formula is C14H8F2MgO4. The Labute approximate surface area is 135 Å². The zero-order valence-corrected chi connectivity index (χ0v) is 12.1. The van der Waals surface area contributed by atoms with E-state index < -0.39 is 23.6 Å². The van der Waals surface area contributed by atoms with E-state index in [0.717, 1.165) is 12.1 Å². The van der Waals surface area contributed by atoms with Crippen LogP contribution in [0.4, 0.5) is 8.78 Å². The van der Waals surface area contributed by atoms with E-state index in [1.165, 1.54) is 36.4 Å². The van der Waals surface area contributed by atoms with Gasteiger partial charge in [0, 0.05) is 11.1 Å². The quantitative estimate of drug-likeness (QED) is 0.731. The fraction of sp³-hybridized carbons (Fsp3) is 0. The second kappa shape index (κ2) is 9.04. The summed E-state index contributed by atoms with van der Waals surface area (Å²) in [4.78, 5) is 20.2. The summed E-state index contributed by atoms with van der Waals surface area (Å²) in [6.07, 6.45) is 0. The first-order chi connectivity index (χ1) is 9.40. The smallest absolute Gasteiger partial charge is 0.545 e. The minimum Gasteiger partial charge on any atom is -0.545 e. The molecule has 0 fully saturated rings. The van der Waals surface area contributed by atoms with Crippen LogP contribution in [0.25, 0.3) is 0 Å². The molecule has 7 heteroatoms. The van der Waals surface area contributed by atoms with Crippen LogP contribution in [0.1, 0.15) is 20.7 Å².